The van der Waals surface area contributed by atoms with E-state index in [0.29, 0.717) is 16.0 Å². The molecule has 2 N–H and O–H groups in total. The quantitative estimate of drug-likeness (QED) is 0.570. The van der Waals surface area contributed by atoms with Crippen LogP contribution in [0.15, 0.2) is 60.8 Å². The van der Waals surface area contributed by atoms with E-state index in [9.17, 15) is 9.18 Å². The number of carbonyl (C=O) groups is 1. The van der Waals surface area contributed by atoms with E-state index in [1.807, 2.05) is 30.3 Å². The number of halogens is 1. The molecule has 0 unspecified atom stereocenters. The third-order valence-electron chi connectivity index (χ3n) is 3.69. The molecule has 0 aliphatic carbocycles. The molecule has 4 rings (SSSR count). The maximum Gasteiger partial charge on any atom is 0.265 e. The van der Waals surface area contributed by atoms with Gasteiger partial charge in [-0.25, -0.2) is 4.39 Å². The average Bonchev–Trinajstić information content (AvgIpc) is 3.26. The number of anilines is 1. The van der Waals surface area contributed by atoms with Crippen LogP contribution >= 0.6 is 11.3 Å². The van der Waals surface area contributed by atoms with Crippen LogP contribution in [0.1, 0.15) is 9.67 Å². The van der Waals surface area contributed by atoms with Crippen LogP contribution in [0.3, 0.4) is 0 Å². The highest BCUT2D eigenvalue weighted by Crippen LogP contribution is 2.28. The molecule has 2 aromatic carbocycles. The topological polar surface area (TPSA) is 57.8 Å². The lowest BCUT2D eigenvalue weighted by Crippen LogP contribution is -2.09. The summed E-state index contributed by atoms with van der Waals surface area (Å²) in [6, 6.07) is 15.7. The first-order chi connectivity index (χ1) is 11.7. The van der Waals surface area contributed by atoms with E-state index < -0.39 is 0 Å². The Morgan fingerprint density at radius 1 is 1.12 bits per heavy atom. The van der Waals surface area contributed by atoms with Gasteiger partial charge in [0, 0.05) is 22.0 Å². The standard InChI is InChI=1S/C18H12FN3OS/c19-14-2-1-3-16-13(14)10-17(24-16)18(23)21-12-6-4-11(5-7-12)15-8-9-20-22-15/h1-10H,(H,20,22)(H,21,23). The molecule has 2 heterocycles. The first kappa shape index (κ1) is 14.6. The second-order valence-electron chi connectivity index (χ2n) is 5.26. The van der Waals surface area contributed by atoms with E-state index in [0.717, 1.165) is 16.0 Å². The Morgan fingerprint density at radius 3 is 2.67 bits per heavy atom. The SMILES string of the molecule is O=C(Nc1ccc(-c2ccn[nH]2)cc1)c1cc2c(F)cccc2s1. The molecular formula is C18H12FN3OS. The molecule has 0 atom stereocenters. The number of thiophene rings is 1. The number of amides is 1. The fourth-order valence-electron chi connectivity index (χ4n) is 2.48. The molecule has 24 heavy (non-hydrogen) atoms. The Labute approximate surface area is 141 Å². The largest absolute Gasteiger partial charge is 0.321 e. The van der Waals surface area contributed by atoms with Gasteiger partial charge in [0.25, 0.3) is 5.91 Å². The summed E-state index contributed by atoms with van der Waals surface area (Å²) in [5, 5.41) is 10.1. The molecule has 4 nitrogen and oxygen atoms in total. The average molecular weight is 337 g/mol. The Balaban J connectivity index is 1.55. The normalized spacial score (nSPS) is 10.9. The van der Waals surface area contributed by atoms with Gasteiger partial charge in [-0.2, -0.15) is 5.10 Å². The second kappa shape index (κ2) is 5.90. The third kappa shape index (κ3) is 2.68. The van der Waals surface area contributed by atoms with Crippen molar-refractivity contribution in [1.29, 1.82) is 0 Å². The lowest BCUT2D eigenvalue weighted by molar-refractivity contribution is 0.103. The minimum absolute atomic E-state index is 0.245. The zero-order valence-corrected chi connectivity index (χ0v) is 13.2. The minimum atomic E-state index is -0.313. The molecular weight excluding hydrogens is 325 g/mol. The van der Waals surface area contributed by atoms with Crippen LogP contribution in [0, 0.1) is 5.82 Å². The van der Waals surface area contributed by atoms with Crippen molar-refractivity contribution in [2.45, 2.75) is 0 Å². The van der Waals surface area contributed by atoms with Gasteiger partial charge in [0.1, 0.15) is 5.82 Å². The van der Waals surface area contributed by atoms with Crippen molar-refractivity contribution < 1.29 is 9.18 Å². The summed E-state index contributed by atoms with van der Waals surface area (Å²) in [5.74, 6) is -0.559. The summed E-state index contributed by atoms with van der Waals surface area (Å²) in [7, 11) is 0. The van der Waals surface area contributed by atoms with Gasteiger partial charge in [-0.05, 0) is 42.0 Å². The highest BCUT2D eigenvalue weighted by atomic mass is 32.1. The van der Waals surface area contributed by atoms with E-state index in [4.69, 9.17) is 0 Å². The predicted molar refractivity (Wildman–Crippen MR) is 93.8 cm³/mol. The second-order valence-corrected chi connectivity index (χ2v) is 6.35. The van der Waals surface area contributed by atoms with Gasteiger partial charge in [0.05, 0.1) is 10.6 Å². The number of hydrogen-bond donors (Lipinski definition) is 2. The molecule has 6 heteroatoms. The summed E-state index contributed by atoms with van der Waals surface area (Å²) in [6.45, 7) is 0. The number of rotatable bonds is 3. The van der Waals surface area contributed by atoms with Crippen LogP contribution in [-0.2, 0) is 0 Å². The number of carbonyl (C=O) groups excluding carboxylic acids is 1. The van der Waals surface area contributed by atoms with Crippen molar-refractivity contribution in [3.8, 4) is 11.3 Å². The van der Waals surface area contributed by atoms with Crippen LogP contribution in [0.4, 0.5) is 10.1 Å². The molecule has 0 bridgehead atoms. The maximum atomic E-state index is 13.7. The number of benzene rings is 2. The number of H-pyrrole nitrogens is 1. The van der Waals surface area contributed by atoms with Crippen LogP contribution in [0.25, 0.3) is 21.3 Å². The molecule has 0 aliphatic heterocycles. The van der Waals surface area contributed by atoms with Crippen molar-refractivity contribution in [3.05, 3.63) is 71.5 Å². The van der Waals surface area contributed by atoms with Crippen LogP contribution in [-0.4, -0.2) is 16.1 Å². The fourth-order valence-corrected chi connectivity index (χ4v) is 3.45. The smallest absolute Gasteiger partial charge is 0.265 e. The summed E-state index contributed by atoms with van der Waals surface area (Å²) in [5.41, 5.74) is 2.57. The van der Waals surface area contributed by atoms with E-state index in [-0.39, 0.29) is 11.7 Å². The van der Waals surface area contributed by atoms with Crippen molar-refractivity contribution in [2.75, 3.05) is 5.32 Å². The molecule has 1 amide bonds. The van der Waals surface area contributed by atoms with Gasteiger partial charge in [0.2, 0.25) is 0 Å². The number of aromatic amines is 1. The lowest BCUT2D eigenvalue weighted by Gasteiger charge is -2.04. The van der Waals surface area contributed by atoms with Gasteiger partial charge < -0.3 is 5.32 Å². The molecule has 4 aromatic rings. The van der Waals surface area contributed by atoms with Gasteiger partial charge in [-0.3, -0.25) is 9.89 Å². The number of nitrogens with one attached hydrogen (secondary N) is 2. The molecule has 0 spiro atoms. The minimum Gasteiger partial charge on any atom is -0.321 e. The van der Waals surface area contributed by atoms with Crippen molar-refractivity contribution in [3.63, 3.8) is 0 Å². The summed E-state index contributed by atoms with van der Waals surface area (Å²) in [4.78, 5) is 12.8. The molecule has 0 aliphatic rings. The van der Waals surface area contributed by atoms with Crippen LogP contribution in [0.5, 0.6) is 0 Å². The van der Waals surface area contributed by atoms with E-state index in [1.165, 1.54) is 17.4 Å². The lowest BCUT2D eigenvalue weighted by atomic mass is 10.1. The Kier molecular flexibility index (Phi) is 3.59. The van der Waals surface area contributed by atoms with Gasteiger partial charge in [0.15, 0.2) is 0 Å². The molecule has 0 fully saturated rings. The van der Waals surface area contributed by atoms with Crippen LogP contribution in [0.2, 0.25) is 0 Å². The summed E-state index contributed by atoms with van der Waals surface area (Å²) >= 11 is 1.27. The number of nitrogens with zero attached hydrogens (tertiary/aromatic N) is 1. The number of hydrogen-bond acceptors (Lipinski definition) is 3. The first-order valence-corrected chi connectivity index (χ1v) is 8.11. The van der Waals surface area contributed by atoms with E-state index >= 15 is 0 Å². The molecule has 0 radical (unpaired) electrons. The Bertz CT molecular complexity index is 1010. The Morgan fingerprint density at radius 2 is 1.96 bits per heavy atom. The molecule has 0 saturated carbocycles. The molecule has 0 saturated heterocycles. The zero-order valence-electron chi connectivity index (χ0n) is 12.4. The van der Waals surface area contributed by atoms with E-state index in [2.05, 4.69) is 15.5 Å². The highest BCUT2D eigenvalue weighted by Gasteiger charge is 2.12. The van der Waals surface area contributed by atoms with E-state index in [1.54, 1.807) is 24.4 Å². The summed E-state index contributed by atoms with van der Waals surface area (Å²) < 4.78 is 14.5. The fraction of sp³-hybridized carbons (Fsp3) is 0. The summed E-state index contributed by atoms with van der Waals surface area (Å²) in [6.07, 6.45) is 1.69. The third-order valence-corrected chi connectivity index (χ3v) is 4.79. The first-order valence-electron chi connectivity index (χ1n) is 7.30. The highest BCUT2D eigenvalue weighted by molar-refractivity contribution is 7.20. The van der Waals surface area contributed by atoms with Crippen molar-refractivity contribution in [1.82, 2.24) is 10.2 Å². The van der Waals surface area contributed by atoms with Crippen LogP contribution < -0.4 is 5.32 Å². The molecule has 118 valence electrons. The van der Waals surface area contributed by atoms with Gasteiger partial charge in [-0.1, -0.05) is 18.2 Å². The number of fused-ring (bicyclic) bond motifs is 1. The Hall–Kier alpha value is -2.99. The maximum absolute atomic E-state index is 13.7. The van der Waals surface area contributed by atoms with Gasteiger partial charge in [-0.15, -0.1) is 11.3 Å². The van der Waals surface area contributed by atoms with Crippen molar-refractivity contribution >= 4 is 33.0 Å². The molecule has 2 aromatic heterocycles. The monoisotopic (exact) mass is 337 g/mol. The van der Waals surface area contributed by atoms with Crippen molar-refractivity contribution in [2.24, 2.45) is 0 Å². The van der Waals surface area contributed by atoms with Gasteiger partial charge >= 0.3 is 0 Å². The zero-order chi connectivity index (χ0) is 16.5. The number of aromatic nitrogens is 2. The predicted octanol–water partition coefficient (Wildman–Crippen LogP) is 4.68.